The second-order valence-electron chi connectivity index (χ2n) is 11.2. The average Bonchev–Trinajstić information content (AvgIpc) is 3.42. The van der Waals surface area contributed by atoms with Crippen molar-refractivity contribution >= 4 is 29.2 Å². The third-order valence-corrected chi connectivity index (χ3v) is 8.90. The van der Waals surface area contributed by atoms with Crippen LogP contribution in [0.15, 0.2) is 6.07 Å². The molecule has 4 aliphatic heterocycles. The van der Waals surface area contributed by atoms with Crippen molar-refractivity contribution in [2.24, 2.45) is 5.92 Å². The fourth-order valence-corrected chi connectivity index (χ4v) is 6.64. The number of likely N-dealkylation sites (tertiary alicyclic amines) is 3. The van der Waals surface area contributed by atoms with Crippen molar-refractivity contribution in [2.75, 3.05) is 64.8 Å². The maximum atomic E-state index is 13.1. The highest BCUT2D eigenvalue weighted by Crippen LogP contribution is 2.38. The highest BCUT2D eigenvalue weighted by atomic mass is 35.5. The van der Waals surface area contributed by atoms with E-state index >= 15 is 0 Å². The Kier molecular flexibility index (Phi) is 8.85. The summed E-state index contributed by atoms with van der Waals surface area (Å²) in [7, 11) is 0. The maximum absolute atomic E-state index is 13.1. The number of nitrogens with one attached hydrogen (secondary N) is 1. The summed E-state index contributed by atoms with van der Waals surface area (Å²) < 4.78 is 11.5. The van der Waals surface area contributed by atoms with Crippen molar-refractivity contribution in [3.05, 3.63) is 22.2 Å². The summed E-state index contributed by atoms with van der Waals surface area (Å²) in [4.78, 5) is 32.6. The normalized spacial score (nSPS) is 23.3. The number of carbonyl (C=O) groups is 2. The van der Waals surface area contributed by atoms with Crippen LogP contribution >= 0.6 is 11.6 Å². The van der Waals surface area contributed by atoms with E-state index in [-0.39, 0.29) is 24.1 Å². The number of nitrogens with two attached hydrogens (primary N) is 1. The smallest absolute Gasteiger partial charge is 0.320 e. The zero-order valence-electron chi connectivity index (χ0n) is 22.6. The van der Waals surface area contributed by atoms with Crippen LogP contribution in [0.4, 0.5) is 10.5 Å². The molecule has 4 heterocycles. The number of benzene rings is 1. The molecule has 0 aromatic heterocycles. The number of halogens is 1. The molecule has 0 bridgehead atoms. The lowest BCUT2D eigenvalue weighted by molar-refractivity contribution is 0.00986. The minimum atomic E-state index is -0.137. The summed E-state index contributed by atoms with van der Waals surface area (Å²) in [6.07, 6.45) is 6.87. The van der Waals surface area contributed by atoms with E-state index in [0.29, 0.717) is 47.6 Å². The van der Waals surface area contributed by atoms with E-state index in [2.05, 4.69) is 10.2 Å². The topological polar surface area (TPSA) is 100 Å². The second kappa shape index (κ2) is 12.3. The number of anilines is 1. The first-order chi connectivity index (χ1) is 18.4. The highest BCUT2D eigenvalue weighted by Gasteiger charge is 2.32. The summed E-state index contributed by atoms with van der Waals surface area (Å²) in [6.45, 7) is 9.48. The van der Waals surface area contributed by atoms with Gasteiger partial charge in [-0.3, -0.25) is 4.79 Å². The van der Waals surface area contributed by atoms with E-state index in [1.54, 1.807) is 6.07 Å². The van der Waals surface area contributed by atoms with Gasteiger partial charge < -0.3 is 35.2 Å². The number of hydrogen-bond acceptors (Lipinski definition) is 6. The minimum Gasteiger partial charge on any atom is -0.492 e. The Morgan fingerprint density at radius 3 is 2.61 bits per heavy atom. The molecule has 1 aromatic carbocycles. The van der Waals surface area contributed by atoms with E-state index in [1.807, 2.05) is 16.7 Å². The van der Waals surface area contributed by atoms with Gasteiger partial charge in [-0.2, -0.15) is 0 Å². The van der Waals surface area contributed by atoms with Crippen molar-refractivity contribution in [2.45, 2.75) is 64.0 Å². The molecule has 3 amide bonds. The molecule has 9 nitrogen and oxygen atoms in total. The first-order valence-electron chi connectivity index (χ1n) is 14.3. The molecule has 1 unspecified atom stereocenters. The highest BCUT2D eigenvalue weighted by molar-refractivity contribution is 6.33. The Balaban J connectivity index is 1.04. The van der Waals surface area contributed by atoms with E-state index < -0.39 is 0 Å². The van der Waals surface area contributed by atoms with E-state index in [0.717, 1.165) is 89.9 Å². The lowest BCUT2D eigenvalue weighted by atomic mass is 9.94. The monoisotopic (exact) mass is 547 g/mol. The molecule has 0 spiro atoms. The van der Waals surface area contributed by atoms with Gasteiger partial charge in [0, 0.05) is 70.4 Å². The van der Waals surface area contributed by atoms with Crippen LogP contribution in [0.25, 0.3) is 0 Å². The Hall–Kier alpha value is -2.23. The van der Waals surface area contributed by atoms with Crippen LogP contribution in [0.5, 0.6) is 5.75 Å². The zero-order valence-corrected chi connectivity index (χ0v) is 23.3. The number of nitrogen functional groups attached to an aromatic ring is 1. The number of carbonyl (C=O) groups excluding carboxylic acids is 2. The van der Waals surface area contributed by atoms with E-state index in [4.69, 9.17) is 26.8 Å². The van der Waals surface area contributed by atoms with Crippen molar-refractivity contribution in [3.63, 3.8) is 0 Å². The summed E-state index contributed by atoms with van der Waals surface area (Å²) in [5.74, 6) is 1.06. The zero-order chi connectivity index (χ0) is 26.6. The second-order valence-corrected chi connectivity index (χ2v) is 11.6. The molecule has 210 valence electrons. The van der Waals surface area contributed by atoms with Crippen LogP contribution in [0.3, 0.4) is 0 Å². The van der Waals surface area contributed by atoms with Crippen LogP contribution in [-0.2, 0) is 11.2 Å². The Bertz CT molecular complexity index is 1010. The molecule has 38 heavy (non-hydrogen) atoms. The molecule has 5 rings (SSSR count). The predicted molar refractivity (Wildman–Crippen MR) is 148 cm³/mol. The van der Waals surface area contributed by atoms with Gasteiger partial charge in [-0.25, -0.2) is 4.79 Å². The number of rotatable bonds is 6. The van der Waals surface area contributed by atoms with Crippen LogP contribution in [0.1, 0.15) is 61.4 Å². The van der Waals surface area contributed by atoms with Gasteiger partial charge in [0.05, 0.1) is 29.0 Å². The molecule has 1 atom stereocenters. The van der Waals surface area contributed by atoms with Crippen molar-refractivity contribution in [3.8, 4) is 5.75 Å². The predicted octanol–water partition coefficient (Wildman–Crippen LogP) is 3.38. The average molecular weight is 548 g/mol. The third-order valence-electron chi connectivity index (χ3n) is 8.59. The lowest BCUT2D eigenvalue weighted by Gasteiger charge is -2.40. The molecule has 10 heteroatoms. The molecular weight excluding hydrogens is 506 g/mol. The fraction of sp³-hybridized carbons (Fsp3) is 0.714. The lowest BCUT2D eigenvalue weighted by Crippen LogP contribution is -2.52. The Morgan fingerprint density at radius 2 is 1.87 bits per heavy atom. The number of piperidine rings is 3. The van der Waals surface area contributed by atoms with Crippen molar-refractivity contribution in [1.29, 1.82) is 0 Å². The first-order valence-corrected chi connectivity index (χ1v) is 14.7. The van der Waals surface area contributed by atoms with Gasteiger partial charge in [-0.05, 0) is 57.4 Å². The molecule has 3 saturated heterocycles. The standard InChI is InChI=1S/C28H42ClN5O4/c1-2-37-21-4-3-10-34(18-21)28(36)33-13-5-19(6-14-33)17-32-11-7-20(8-12-32)31-27(35)23-16-24(29)25(30)22-9-15-38-26(22)23/h16,19-21H,2-15,17-18,30H2,1H3,(H,31,35). The van der Waals surface area contributed by atoms with Crippen LogP contribution in [0.2, 0.25) is 5.02 Å². The van der Waals surface area contributed by atoms with Gasteiger partial charge in [0.15, 0.2) is 0 Å². The Morgan fingerprint density at radius 1 is 1.11 bits per heavy atom. The summed E-state index contributed by atoms with van der Waals surface area (Å²) in [5, 5.41) is 3.60. The van der Waals surface area contributed by atoms with Gasteiger partial charge in [-0.15, -0.1) is 0 Å². The number of ether oxygens (including phenoxy) is 2. The van der Waals surface area contributed by atoms with Gasteiger partial charge in [0.2, 0.25) is 0 Å². The number of fused-ring (bicyclic) bond motifs is 1. The molecule has 3 fully saturated rings. The molecule has 1 aromatic rings. The van der Waals surface area contributed by atoms with Crippen LogP contribution < -0.4 is 15.8 Å². The maximum Gasteiger partial charge on any atom is 0.320 e. The number of amides is 3. The molecule has 3 N–H and O–H groups in total. The summed E-state index contributed by atoms with van der Waals surface area (Å²) >= 11 is 6.28. The van der Waals surface area contributed by atoms with E-state index in [9.17, 15) is 9.59 Å². The molecule has 4 aliphatic rings. The quantitative estimate of drug-likeness (QED) is 0.530. The summed E-state index contributed by atoms with van der Waals surface area (Å²) in [5.41, 5.74) is 7.92. The first kappa shape index (κ1) is 27.3. The van der Waals surface area contributed by atoms with Crippen LogP contribution in [0, 0.1) is 5.92 Å². The van der Waals surface area contributed by atoms with E-state index in [1.165, 1.54) is 0 Å². The van der Waals surface area contributed by atoms with Gasteiger partial charge in [0.1, 0.15) is 5.75 Å². The van der Waals surface area contributed by atoms with Gasteiger partial charge in [0.25, 0.3) is 5.91 Å². The van der Waals surface area contributed by atoms with Crippen molar-refractivity contribution < 1.29 is 19.1 Å². The number of hydrogen-bond donors (Lipinski definition) is 2. The number of nitrogens with zero attached hydrogens (tertiary/aromatic N) is 3. The number of urea groups is 1. The molecule has 0 aliphatic carbocycles. The van der Waals surface area contributed by atoms with Gasteiger partial charge in [-0.1, -0.05) is 11.6 Å². The molecule has 0 radical (unpaired) electrons. The minimum absolute atomic E-state index is 0.136. The Labute approximate surface area is 230 Å². The van der Waals surface area contributed by atoms with Crippen LogP contribution in [-0.4, -0.2) is 97.8 Å². The van der Waals surface area contributed by atoms with Gasteiger partial charge >= 0.3 is 6.03 Å². The largest absolute Gasteiger partial charge is 0.492 e. The third kappa shape index (κ3) is 6.15. The summed E-state index contributed by atoms with van der Waals surface area (Å²) in [6, 6.07) is 1.95. The SMILES string of the molecule is CCOC1CCCN(C(=O)N2CCC(CN3CCC(NC(=O)c4cc(Cl)c(N)c5c4OCC5)CC3)CC2)C1. The van der Waals surface area contributed by atoms with Crippen molar-refractivity contribution in [1.82, 2.24) is 20.0 Å². The molecular formula is C28H42ClN5O4. The fourth-order valence-electron chi connectivity index (χ4n) is 6.41. The molecule has 0 saturated carbocycles.